The zero-order valence-electron chi connectivity index (χ0n) is 17.5. The maximum atomic E-state index is 13.2. The molecule has 1 heterocycles. The van der Waals surface area contributed by atoms with Crippen molar-refractivity contribution < 1.29 is 23.9 Å². The summed E-state index contributed by atoms with van der Waals surface area (Å²) in [6.07, 6.45) is -0.799. The molecule has 0 aliphatic carbocycles. The molecule has 0 N–H and O–H groups in total. The molecule has 1 aromatic rings. The summed E-state index contributed by atoms with van der Waals surface area (Å²) in [6, 6.07) is 8.67. The number of carbonyl (C=O) groups is 3. The van der Waals surface area contributed by atoms with Crippen LogP contribution in [0.2, 0.25) is 4.82 Å². The van der Waals surface area contributed by atoms with E-state index in [1.165, 1.54) is 0 Å². The third-order valence-electron chi connectivity index (χ3n) is 3.98. The summed E-state index contributed by atoms with van der Waals surface area (Å²) < 4.78 is 12.0. The molecule has 1 saturated heterocycles. The Labute approximate surface area is 173 Å². The van der Waals surface area contributed by atoms with Crippen molar-refractivity contribution in [2.24, 2.45) is 5.92 Å². The van der Waals surface area contributed by atoms with Crippen LogP contribution in [0.3, 0.4) is 0 Å². The fourth-order valence-corrected chi connectivity index (χ4v) is 5.39. The predicted octanol–water partition coefficient (Wildman–Crippen LogP) is 2.93. The van der Waals surface area contributed by atoms with E-state index < -0.39 is 34.1 Å². The number of likely N-dealkylation sites (tertiary alicyclic amines) is 1. The summed E-state index contributed by atoms with van der Waals surface area (Å²) in [4.78, 5) is 39.3. The average molecular weight is 454 g/mol. The van der Waals surface area contributed by atoms with E-state index in [4.69, 9.17) is 9.47 Å². The normalized spacial score (nSPS) is 22.9. The Morgan fingerprint density at radius 1 is 0.964 bits per heavy atom. The molecule has 1 aromatic carbocycles. The molecule has 1 fully saturated rings. The van der Waals surface area contributed by atoms with E-state index in [1.54, 1.807) is 41.5 Å². The Bertz CT molecular complexity index is 735. The minimum absolute atomic E-state index is 0.227. The number of imide groups is 1. The second kappa shape index (κ2) is 8.26. The van der Waals surface area contributed by atoms with Crippen LogP contribution in [-0.2, 0) is 19.1 Å². The molecule has 0 bridgehead atoms. The van der Waals surface area contributed by atoms with Crippen molar-refractivity contribution in [1.29, 1.82) is 0 Å². The molecule has 6 nitrogen and oxygen atoms in total. The second-order valence-electron chi connectivity index (χ2n) is 8.88. The third kappa shape index (κ3) is 5.58. The first-order valence-corrected chi connectivity index (χ1v) is 11.2. The van der Waals surface area contributed by atoms with Gasteiger partial charge in [-0.15, -0.1) is 0 Å². The van der Waals surface area contributed by atoms with Crippen LogP contribution >= 0.6 is 0 Å². The first-order valence-electron chi connectivity index (χ1n) is 9.31. The topological polar surface area (TPSA) is 72.9 Å². The maximum absolute atomic E-state index is 13.2. The summed E-state index contributed by atoms with van der Waals surface area (Å²) in [5, 5.41) is 0. The number of benzene rings is 1. The van der Waals surface area contributed by atoms with Gasteiger partial charge in [0, 0.05) is 0 Å². The van der Waals surface area contributed by atoms with Gasteiger partial charge in [-0.1, -0.05) is 0 Å². The minimum atomic E-state index is -0.989. The van der Waals surface area contributed by atoms with Gasteiger partial charge in [-0.05, 0) is 0 Å². The quantitative estimate of drug-likeness (QED) is 0.519. The van der Waals surface area contributed by atoms with E-state index in [1.807, 2.05) is 37.3 Å². The van der Waals surface area contributed by atoms with Crippen LogP contribution in [0.25, 0.3) is 0 Å². The molecule has 1 aliphatic heterocycles. The number of amides is 2. The van der Waals surface area contributed by atoms with Crippen molar-refractivity contribution >= 4 is 37.4 Å². The van der Waals surface area contributed by atoms with Gasteiger partial charge in [-0.3, -0.25) is 0 Å². The fraction of sp³-hybridized carbons (Fsp3) is 0.571. The van der Waals surface area contributed by atoms with Crippen molar-refractivity contribution in [1.82, 2.24) is 4.90 Å². The van der Waals surface area contributed by atoms with Crippen LogP contribution in [0.15, 0.2) is 30.3 Å². The first kappa shape index (κ1) is 22.4. The monoisotopic (exact) mass is 455 g/mol. The van der Waals surface area contributed by atoms with Gasteiger partial charge in [0.25, 0.3) is 0 Å². The van der Waals surface area contributed by atoms with Crippen LogP contribution in [-0.4, -0.2) is 55.1 Å². The fourth-order valence-electron chi connectivity index (χ4n) is 2.90. The molecule has 2 amide bonds. The second-order valence-corrected chi connectivity index (χ2v) is 11.4. The zero-order chi connectivity index (χ0) is 21.3. The molecule has 1 unspecified atom stereocenters. The number of hydrogen-bond acceptors (Lipinski definition) is 5. The van der Waals surface area contributed by atoms with Crippen LogP contribution in [0.1, 0.15) is 48.5 Å². The number of ether oxygens (including phenoxy) is 2. The Balaban J connectivity index is 2.35. The number of hydrogen-bond donors (Lipinski definition) is 0. The zero-order valence-corrected chi connectivity index (χ0v) is 19.2. The van der Waals surface area contributed by atoms with E-state index in [2.05, 4.69) is 0 Å². The SMILES string of the molecule is C[C@H]1C([Se]c2ccccc2)C(=O)N(C(=O)OC(C)(C)C)[C@@H]1C(=O)OC(C)(C)C. The molecule has 0 saturated carbocycles. The van der Waals surface area contributed by atoms with Crippen molar-refractivity contribution in [3.8, 4) is 0 Å². The Morgan fingerprint density at radius 2 is 1.50 bits per heavy atom. The van der Waals surface area contributed by atoms with Crippen molar-refractivity contribution in [2.45, 2.75) is 70.5 Å². The first-order chi connectivity index (χ1) is 12.8. The van der Waals surface area contributed by atoms with E-state index in [0.717, 1.165) is 9.36 Å². The third-order valence-corrected chi connectivity index (χ3v) is 6.98. The van der Waals surface area contributed by atoms with Crippen LogP contribution < -0.4 is 4.46 Å². The number of nitrogens with zero attached hydrogens (tertiary/aromatic N) is 1. The molecule has 2 rings (SSSR count). The molecule has 0 aromatic heterocycles. The van der Waals surface area contributed by atoms with Gasteiger partial charge >= 0.3 is 173 Å². The van der Waals surface area contributed by atoms with Crippen LogP contribution in [0, 0.1) is 5.92 Å². The average Bonchev–Trinajstić information content (AvgIpc) is 2.77. The molecule has 154 valence electrons. The standard InChI is InChI=1S/C21H29NO5Se/c1-13-15(18(24)26-20(2,3)4)22(19(25)27-21(5,6)7)17(23)16(13)28-14-11-9-8-10-12-14/h8-13,15-16H,1-7H3/t13-,15+,16?/m1/s1. The number of carbonyl (C=O) groups excluding carboxylic acids is 3. The number of rotatable bonds is 3. The van der Waals surface area contributed by atoms with Gasteiger partial charge in [0.15, 0.2) is 0 Å². The Kier molecular flexibility index (Phi) is 6.62. The molecule has 0 spiro atoms. The van der Waals surface area contributed by atoms with Gasteiger partial charge < -0.3 is 0 Å². The predicted molar refractivity (Wildman–Crippen MR) is 107 cm³/mol. The van der Waals surface area contributed by atoms with E-state index in [-0.39, 0.29) is 26.8 Å². The van der Waals surface area contributed by atoms with Crippen LogP contribution in [0.5, 0.6) is 0 Å². The molecular formula is C21H29NO5Se. The molecule has 0 radical (unpaired) electrons. The van der Waals surface area contributed by atoms with Gasteiger partial charge in [0.05, 0.1) is 0 Å². The van der Waals surface area contributed by atoms with Crippen molar-refractivity contribution in [2.75, 3.05) is 0 Å². The van der Waals surface area contributed by atoms with E-state index >= 15 is 0 Å². The van der Waals surface area contributed by atoms with Gasteiger partial charge in [-0.25, -0.2) is 0 Å². The van der Waals surface area contributed by atoms with E-state index in [0.29, 0.717) is 0 Å². The van der Waals surface area contributed by atoms with E-state index in [9.17, 15) is 14.4 Å². The summed E-state index contributed by atoms with van der Waals surface area (Å²) in [7, 11) is 0. The Hall–Kier alpha value is -1.85. The van der Waals surface area contributed by atoms with Crippen molar-refractivity contribution in [3.05, 3.63) is 30.3 Å². The van der Waals surface area contributed by atoms with Crippen molar-refractivity contribution in [3.63, 3.8) is 0 Å². The van der Waals surface area contributed by atoms with Crippen LogP contribution in [0.4, 0.5) is 4.79 Å². The van der Waals surface area contributed by atoms with Gasteiger partial charge in [0.1, 0.15) is 0 Å². The van der Waals surface area contributed by atoms with Gasteiger partial charge in [0.2, 0.25) is 0 Å². The summed E-state index contributed by atoms with van der Waals surface area (Å²) in [6.45, 7) is 12.3. The molecular weight excluding hydrogens is 425 g/mol. The summed E-state index contributed by atoms with van der Waals surface area (Å²) >= 11 is -0.227. The summed E-state index contributed by atoms with van der Waals surface area (Å²) in [5.41, 5.74) is -1.50. The Morgan fingerprint density at radius 3 is 2.00 bits per heavy atom. The van der Waals surface area contributed by atoms with Gasteiger partial charge in [-0.2, -0.15) is 0 Å². The molecule has 7 heteroatoms. The summed E-state index contributed by atoms with van der Waals surface area (Å²) in [5.74, 6) is -1.32. The molecule has 28 heavy (non-hydrogen) atoms. The molecule has 3 atom stereocenters. The number of esters is 1. The molecule has 1 aliphatic rings.